The van der Waals surface area contributed by atoms with Gasteiger partial charge < -0.3 is 9.88 Å². The van der Waals surface area contributed by atoms with Crippen molar-refractivity contribution in [3.63, 3.8) is 0 Å². The molecule has 1 aliphatic rings. The number of anilines is 1. The van der Waals surface area contributed by atoms with Crippen molar-refractivity contribution < 1.29 is 18.0 Å². The van der Waals surface area contributed by atoms with Crippen LogP contribution in [0, 0.1) is 5.92 Å². The minimum Gasteiger partial charge on any atom is -0.337 e. The number of fused-ring (bicyclic) bond motifs is 1. The van der Waals surface area contributed by atoms with Crippen molar-refractivity contribution in [2.45, 2.75) is 25.6 Å². The van der Waals surface area contributed by atoms with Crippen LogP contribution in [-0.4, -0.2) is 31.9 Å². The smallest absolute Gasteiger partial charge is 0.337 e. The van der Waals surface area contributed by atoms with Crippen LogP contribution in [0.4, 0.5) is 23.8 Å². The molecule has 0 spiro atoms. The Bertz CT molecular complexity index is 735. The second-order valence-electron chi connectivity index (χ2n) is 5.77. The van der Waals surface area contributed by atoms with E-state index in [1.807, 2.05) is 0 Å². The Hall–Kier alpha value is -2.52. The summed E-state index contributed by atoms with van der Waals surface area (Å²) in [4.78, 5) is 15.5. The summed E-state index contributed by atoms with van der Waals surface area (Å²) < 4.78 is 41.1. The number of aromatic nitrogens is 4. The van der Waals surface area contributed by atoms with Crippen LogP contribution in [0.2, 0.25) is 0 Å². The first-order valence-electron chi connectivity index (χ1n) is 7.49. The van der Waals surface area contributed by atoms with Crippen LogP contribution in [-0.2, 0) is 26.2 Å². The number of rotatable bonds is 3. The number of urea groups is 1. The zero-order chi connectivity index (χ0) is 17.3. The van der Waals surface area contributed by atoms with Gasteiger partial charge in [-0.2, -0.15) is 18.3 Å². The van der Waals surface area contributed by atoms with E-state index in [1.165, 1.54) is 9.25 Å². The molecular formula is C14H17F3N6O. The number of imidazole rings is 1. The van der Waals surface area contributed by atoms with Gasteiger partial charge in [0.2, 0.25) is 0 Å². The van der Waals surface area contributed by atoms with E-state index < -0.39 is 11.9 Å². The van der Waals surface area contributed by atoms with Crippen LogP contribution in [0.15, 0.2) is 18.5 Å². The van der Waals surface area contributed by atoms with E-state index in [2.05, 4.69) is 20.7 Å². The van der Waals surface area contributed by atoms with E-state index in [1.54, 1.807) is 19.3 Å². The summed E-state index contributed by atoms with van der Waals surface area (Å²) in [5.74, 6) is 1.06. The summed E-state index contributed by atoms with van der Waals surface area (Å²) in [5.41, 5.74) is -0.861. The van der Waals surface area contributed by atoms with Crippen LogP contribution in [0.1, 0.15) is 17.9 Å². The van der Waals surface area contributed by atoms with Crippen LogP contribution in [0.3, 0.4) is 0 Å². The summed E-state index contributed by atoms with van der Waals surface area (Å²) in [5, 5.41) is 9.33. The van der Waals surface area contributed by atoms with Crippen LogP contribution < -0.4 is 10.6 Å². The number of halogens is 3. The average Bonchev–Trinajstić information content (AvgIpc) is 3.11. The third-order valence-corrected chi connectivity index (χ3v) is 3.99. The molecule has 7 nitrogen and oxygen atoms in total. The van der Waals surface area contributed by atoms with Crippen molar-refractivity contribution in [3.8, 4) is 0 Å². The van der Waals surface area contributed by atoms with Gasteiger partial charge in [-0.05, 0) is 12.3 Å². The van der Waals surface area contributed by atoms with E-state index in [0.29, 0.717) is 37.6 Å². The molecule has 0 saturated heterocycles. The van der Waals surface area contributed by atoms with Gasteiger partial charge in [-0.3, -0.25) is 10.00 Å². The summed E-state index contributed by atoms with van der Waals surface area (Å²) >= 11 is 0. The van der Waals surface area contributed by atoms with E-state index in [9.17, 15) is 18.0 Å². The lowest BCUT2D eigenvalue weighted by Crippen LogP contribution is -2.36. The topological polar surface area (TPSA) is 76.8 Å². The largest absolute Gasteiger partial charge is 0.434 e. The second-order valence-corrected chi connectivity index (χ2v) is 5.77. The summed E-state index contributed by atoms with van der Waals surface area (Å²) in [6.45, 7) is 0.785. The quantitative estimate of drug-likeness (QED) is 0.896. The van der Waals surface area contributed by atoms with Gasteiger partial charge in [0.15, 0.2) is 5.69 Å². The Morgan fingerprint density at radius 1 is 1.46 bits per heavy atom. The third kappa shape index (κ3) is 3.52. The van der Waals surface area contributed by atoms with E-state index in [0.717, 1.165) is 6.20 Å². The lowest BCUT2D eigenvalue weighted by atomic mass is 9.99. The van der Waals surface area contributed by atoms with Gasteiger partial charge in [0, 0.05) is 38.8 Å². The first kappa shape index (κ1) is 16.3. The highest BCUT2D eigenvalue weighted by molar-refractivity contribution is 5.88. The molecule has 3 heterocycles. The maximum Gasteiger partial charge on any atom is 0.434 e. The molecule has 0 aliphatic carbocycles. The van der Waals surface area contributed by atoms with Gasteiger partial charge in [-0.15, -0.1) is 0 Å². The Labute approximate surface area is 135 Å². The number of aryl methyl sites for hydroxylation is 2. The van der Waals surface area contributed by atoms with Gasteiger partial charge in [-0.25, -0.2) is 9.78 Å². The second kappa shape index (κ2) is 6.17. The minimum atomic E-state index is -4.43. The van der Waals surface area contributed by atoms with Crippen molar-refractivity contribution in [1.29, 1.82) is 0 Å². The minimum absolute atomic E-state index is 0.0603. The SMILES string of the molecule is Cn1nccc1NC(=O)NC[C@@H]1CCc2nc(C(F)(F)F)cn2C1. The first-order chi connectivity index (χ1) is 11.3. The Morgan fingerprint density at radius 2 is 2.25 bits per heavy atom. The Morgan fingerprint density at radius 3 is 2.92 bits per heavy atom. The van der Waals surface area contributed by atoms with Gasteiger partial charge in [0.1, 0.15) is 11.6 Å². The first-order valence-corrected chi connectivity index (χ1v) is 7.49. The highest BCUT2D eigenvalue weighted by Gasteiger charge is 2.35. The predicted molar refractivity (Wildman–Crippen MR) is 79.3 cm³/mol. The maximum absolute atomic E-state index is 12.7. The number of hydrogen-bond donors (Lipinski definition) is 2. The molecule has 0 radical (unpaired) electrons. The molecule has 2 aromatic heterocycles. The number of amides is 2. The molecule has 2 amide bonds. The van der Waals surface area contributed by atoms with Crippen molar-refractivity contribution in [2.75, 3.05) is 11.9 Å². The van der Waals surface area contributed by atoms with E-state index >= 15 is 0 Å². The normalized spacial score (nSPS) is 17.4. The van der Waals surface area contributed by atoms with Gasteiger partial charge in [0.25, 0.3) is 0 Å². The molecule has 24 heavy (non-hydrogen) atoms. The molecule has 1 atom stereocenters. The maximum atomic E-state index is 12.7. The fraction of sp³-hybridized carbons (Fsp3) is 0.500. The highest BCUT2D eigenvalue weighted by Crippen LogP contribution is 2.30. The summed E-state index contributed by atoms with van der Waals surface area (Å²) in [7, 11) is 1.70. The van der Waals surface area contributed by atoms with E-state index in [-0.39, 0.29) is 11.9 Å². The van der Waals surface area contributed by atoms with Crippen LogP contribution in [0.5, 0.6) is 0 Å². The molecule has 2 aromatic rings. The molecule has 2 N–H and O–H groups in total. The molecule has 0 saturated carbocycles. The number of hydrogen-bond acceptors (Lipinski definition) is 3. The number of carbonyl (C=O) groups excluding carboxylic acids is 1. The van der Waals surface area contributed by atoms with Gasteiger partial charge in [0.05, 0.1) is 6.20 Å². The average molecular weight is 342 g/mol. The van der Waals surface area contributed by atoms with Crippen molar-refractivity contribution in [2.24, 2.45) is 13.0 Å². The molecule has 3 rings (SSSR count). The Balaban J connectivity index is 1.53. The van der Waals surface area contributed by atoms with Crippen molar-refractivity contribution in [1.82, 2.24) is 24.6 Å². The third-order valence-electron chi connectivity index (χ3n) is 3.99. The number of nitrogens with one attached hydrogen (secondary N) is 2. The lowest BCUT2D eigenvalue weighted by Gasteiger charge is -2.23. The van der Waals surface area contributed by atoms with Gasteiger partial charge in [-0.1, -0.05) is 0 Å². The number of alkyl halides is 3. The molecular weight excluding hydrogens is 325 g/mol. The fourth-order valence-corrected chi connectivity index (χ4v) is 2.71. The monoisotopic (exact) mass is 342 g/mol. The zero-order valence-corrected chi connectivity index (χ0v) is 13.0. The lowest BCUT2D eigenvalue weighted by molar-refractivity contribution is -0.141. The summed E-state index contributed by atoms with van der Waals surface area (Å²) in [6, 6.07) is 1.29. The zero-order valence-electron chi connectivity index (χ0n) is 13.0. The number of nitrogens with zero attached hydrogens (tertiary/aromatic N) is 4. The van der Waals surface area contributed by atoms with Crippen LogP contribution in [0.25, 0.3) is 0 Å². The van der Waals surface area contributed by atoms with Crippen molar-refractivity contribution in [3.05, 3.63) is 30.0 Å². The molecule has 0 aromatic carbocycles. The molecule has 10 heteroatoms. The molecule has 0 fully saturated rings. The van der Waals surface area contributed by atoms with Gasteiger partial charge >= 0.3 is 12.2 Å². The van der Waals surface area contributed by atoms with E-state index in [4.69, 9.17) is 0 Å². The van der Waals surface area contributed by atoms with Crippen molar-refractivity contribution >= 4 is 11.8 Å². The highest BCUT2D eigenvalue weighted by atomic mass is 19.4. The number of carbonyl (C=O) groups is 1. The standard InChI is InChI=1S/C14H17F3N6O/c1-22-11(4-5-19-22)21-13(24)18-6-9-2-3-12-20-10(14(15,16)17)8-23(12)7-9/h4-5,8-9H,2-3,6-7H2,1H3,(H2,18,21,24)/t9-/m0/s1. The molecule has 130 valence electrons. The fourth-order valence-electron chi connectivity index (χ4n) is 2.71. The molecule has 0 bridgehead atoms. The Kier molecular flexibility index (Phi) is 4.20. The predicted octanol–water partition coefficient (Wildman–Crippen LogP) is 2.02. The summed E-state index contributed by atoms with van der Waals surface area (Å²) in [6.07, 6.45) is -0.681. The molecule has 0 unspecified atom stereocenters. The van der Waals surface area contributed by atoms with Crippen LogP contribution >= 0.6 is 0 Å². The molecule has 1 aliphatic heterocycles.